The van der Waals surface area contributed by atoms with Crippen LogP contribution in [0.25, 0.3) is 0 Å². The van der Waals surface area contributed by atoms with Crippen molar-refractivity contribution >= 4 is 0 Å². The Bertz CT molecular complexity index is 632. The summed E-state index contributed by atoms with van der Waals surface area (Å²) < 4.78 is 31.8. The maximum Gasteiger partial charge on any atom is 0.165 e. The van der Waals surface area contributed by atoms with Gasteiger partial charge in [-0.1, -0.05) is 12.1 Å². The highest BCUT2D eigenvalue weighted by Crippen LogP contribution is 2.24. The highest BCUT2D eigenvalue weighted by atomic mass is 19.1. The lowest BCUT2D eigenvalue weighted by atomic mass is 9.95. The highest BCUT2D eigenvalue weighted by Gasteiger charge is 2.14. The fourth-order valence-electron chi connectivity index (χ4n) is 2.36. The maximum atomic E-state index is 13.7. The number of ether oxygens (including phenoxy) is 1. The Morgan fingerprint density at radius 2 is 1.95 bits per heavy atom. The van der Waals surface area contributed by atoms with Gasteiger partial charge in [0.05, 0.1) is 13.2 Å². The molecular weight excluding hydrogens is 274 g/mol. The van der Waals surface area contributed by atoms with Crippen LogP contribution in [-0.4, -0.2) is 7.11 Å². The van der Waals surface area contributed by atoms with E-state index in [4.69, 9.17) is 10.6 Å². The van der Waals surface area contributed by atoms with Gasteiger partial charge >= 0.3 is 0 Å². The van der Waals surface area contributed by atoms with E-state index in [2.05, 4.69) is 5.43 Å². The lowest BCUT2D eigenvalue weighted by molar-refractivity contribution is 0.386. The molecule has 0 saturated carbocycles. The molecule has 21 heavy (non-hydrogen) atoms. The van der Waals surface area contributed by atoms with Gasteiger partial charge in [-0.15, -0.1) is 0 Å². The zero-order valence-electron chi connectivity index (χ0n) is 12.0. The van der Waals surface area contributed by atoms with Gasteiger partial charge in [-0.25, -0.2) is 8.78 Å². The molecule has 0 amide bonds. The second-order valence-electron chi connectivity index (χ2n) is 4.89. The molecule has 3 N–H and O–H groups in total. The molecule has 1 atom stereocenters. The van der Waals surface area contributed by atoms with Gasteiger partial charge in [0, 0.05) is 0 Å². The summed E-state index contributed by atoms with van der Waals surface area (Å²) in [4.78, 5) is 0. The van der Waals surface area contributed by atoms with Crippen molar-refractivity contribution < 1.29 is 13.5 Å². The van der Waals surface area contributed by atoms with Crippen molar-refractivity contribution in [3.63, 3.8) is 0 Å². The fourth-order valence-corrected chi connectivity index (χ4v) is 2.36. The molecule has 0 fully saturated rings. The van der Waals surface area contributed by atoms with E-state index in [9.17, 15) is 8.78 Å². The Morgan fingerprint density at radius 1 is 1.19 bits per heavy atom. The van der Waals surface area contributed by atoms with E-state index < -0.39 is 5.82 Å². The van der Waals surface area contributed by atoms with E-state index in [1.807, 2.05) is 6.92 Å². The minimum atomic E-state index is -0.415. The van der Waals surface area contributed by atoms with Crippen LogP contribution in [0, 0.1) is 18.6 Å². The summed E-state index contributed by atoms with van der Waals surface area (Å²) in [5.74, 6) is 5.09. The van der Waals surface area contributed by atoms with E-state index >= 15 is 0 Å². The molecule has 0 spiro atoms. The van der Waals surface area contributed by atoms with Gasteiger partial charge in [-0.05, 0) is 54.3 Å². The predicted octanol–water partition coefficient (Wildman–Crippen LogP) is 3.03. The highest BCUT2D eigenvalue weighted by molar-refractivity contribution is 5.33. The summed E-state index contributed by atoms with van der Waals surface area (Å²) in [6.45, 7) is 1.82. The first-order chi connectivity index (χ1) is 10.0. The first kappa shape index (κ1) is 15.4. The molecule has 5 heteroatoms. The van der Waals surface area contributed by atoms with Crippen molar-refractivity contribution in [3.05, 3.63) is 64.7 Å². The lowest BCUT2D eigenvalue weighted by Gasteiger charge is -2.19. The van der Waals surface area contributed by atoms with Gasteiger partial charge < -0.3 is 4.74 Å². The van der Waals surface area contributed by atoms with Gasteiger partial charge in [0.2, 0.25) is 0 Å². The smallest absolute Gasteiger partial charge is 0.165 e. The van der Waals surface area contributed by atoms with Crippen LogP contribution >= 0.6 is 0 Å². The third kappa shape index (κ3) is 3.56. The van der Waals surface area contributed by atoms with Gasteiger partial charge in [0.15, 0.2) is 11.6 Å². The summed E-state index contributed by atoms with van der Waals surface area (Å²) in [5, 5.41) is 0. The van der Waals surface area contributed by atoms with E-state index in [1.165, 1.54) is 25.3 Å². The Kier molecular flexibility index (Phi) is 4.88. The summed E-state index contributed by atoms with van der Waals surface area (Å²) in [5.41, 5.74) is 5.16. The van der Waals surface area contributed by atoms with E-state index in [1.54, 1.807) is 18.2 Å². The first-order valence-electron chi connectivity index (χ1n) is 6.59. The second kappa shape index (κ2) is 6.65. The Labute approximate surface area is 122 Å². The van der Waals surface area contributed by atoms with Crippen molar-refractivity contribution in [2.24, 2.45) is 5.84 Å². The maximum absolute atomic E-state index is 13.7. The minimum Gasteiger partial charge on any atom is -0.494 e. The number of nitrogens with two attached hydrogens (primary N) is 1. The number of methoxy groups -OCH3 is 1. The zero-order chi connectivity index (χ0) is 15.4. The third-order valence-corrected chi connectivity index (χ3v) is 3.46. The van der Waals surface area contributed by atoms with Crippen molar-refractivity contribution in [1.29, 1.82) is 0 Å². The summed E-state index contributed by atoms with van der Waals surface area (Å²) in [7, 11) is 1.42. The molecule has 0 aliphatic carbocycles. The third-order valence-electron chi connectivity index (χ3n) is 3.46. The quantitative estimate of drug-likeness (QED) is 0.658. The number of aryl methyl sites for hydroxylation is 1. The van der Waals surface area contributed by atoms with Gasteiger partial charge in [0.1, 0.15) is 5.82 Å². The molecule has 0 radical (unpaired) electrons. The molecule has 2 rings (SSSR count). The minimum absolute atomic E-state index is 0.203. The molecule has 2 aromatic rings. The number of rotatable bonds is 5. The molecule has 0 aliphatic rings. The molecule has 2 aromatic carbocycles. The Balaban J connectivity index is 2.24. The van der Waals surface area contributed by atoms with Crippen LogP contribution in [0.4, 0.5) is 8.78 Å². The lowest BCUT2D eigenvalue weighted by Crippen LogP contribution is -2.30. The number of hydrogen-bond donors (Lipinski definition) is 2. The molecule has 0 aliphatic heterocycles. The number of nitrogens with one attached hydrogen (secondary N) is 1. The van der Waals surface area contributed by atoms with Crippen LogP contribution in [0.5, 0.6) is 5.75 Å². The van der Waals surface area contributed by atoms with Crippen LogP contribution in [0.1, 0.15) is 22.7 Å². The van der Waals surface area contributed by atoms with Crippen molar-refractivity contribution in [2.75, 3.05) is 7.11 Å². The Morgan fingerprint density at radius 3 is 2.52 bits per heavy atom. The predicted molar refractivity (Wildman–Crippen MR) is 77.9 cm³/mol. The van der Waals surface area contributed by atoms with Crippen LogP contribution in [0.2, 0.25) is 0 Å². The summed E-state index contributed by atoms with van der Waals surface area (Å²) >= 11 is 0. The van der Waals surface area contributed by atoms with Crippen molar-refractivity contribution in [2.45, 2.75) is 19.4 Å². The van der Waals surface area contributed by atoms with E-state index in [-0.39, 0.29) is 17.6 Å². The number of halogens is 2. The number of hydrazine groups is 1. The van der Waals surface area contributed by atoms with Gasteiger partial charge in [-0.2, -0.15) is 0 Å². The van der Waals surface area contributed by atoms with Gasteiger partial charge in [-0.3, -0.25) is 11.3 Å². The number of benzene rings is 2. The Hall–Kier alpha value is -1.98. The van der Waals surface area contributed by atoms with Crippen LogP contribution in [0.3, 0.4) is 0 Å². The SMILES string of the molecule is COc1ccc(CC(NN)c2ccc(F)cc2C)cc1F. The second-order valence-corrected chi connectivity index (χ2v) is 4.89. The average Bonchev–Trinajstić information content (AvgIpc) is 2.45. The molecule has 0 saturated heterocycles. The van der Waals surface area contributed by atoms with Crippen LogP contribution < -0.4 is 16.0 Å². The van der Waals surface area contributed by atoms with Crippen molar-refractivity contribution in [1.82, 2.24) is 5.43 Å². The average molecular weight is 292 g/mol. The molecule has 0 heterocycles. The molecular formula is C16H18F2N2O. The van der Waals surface area contributed by atoms with E-state index in [0.717, 1.165) is 16.7 Å². The summed E-state index contributed by atoms with van der Waals surface area (Å²) in [6.07, 6.45) is 0.490. The zero-order valence-corrected chi connectivity index (χ0v) is 12.0. The standard InChI is InChI=1S/C16H18F2N2O/c1-10-7-12(17)4-5-13(10)15(20-19)9-11-3-6-16(21-2)14(18)8-11/h3-8,15,20H,9,19H2,1-2H3. The van der Waals surface area contributed by atoms with Gasteiger partial charge in [0.25, 0.3) is 0 Å². The largest absolute Gasteiger partial charge is 0.494 e. The van der Waals surface area contributed by atoms with Crippen molar-refractivity contribution in [3.8, 4) is 5.75 Å². The normalized spacial score (nSPS) is 12.2. The fraction of sp³-hybridized carbons (Fsp3) is 0.250. The first-order valence-corrected chi connectivity index (χ1v) is 6.59. The monoisotopic (exact) mass is 292 g/mol. The molecule has 112 valence electrons. The van der Waals surface area contributed by atoms with Crippen LogP contribution in [-0.2, 0) is 6.42 Å². The van der Waals surface area contributed by atoms with Crippen LogP contribution in [0.15, 0.2) is 36.4 Å². The molecule has 1 unspecified atom stereocenters. The number of hydrogen-bond acceptors (Lipinski definition) is 3. The molecule has 3 nitrogen and oxygen atoms in total. The molecule has 0 aromatic heterocycles. The summed E-state index contributed by atoms with van der Waals surface area (Å²) in [6, 6.07) is 9.09. The van der Waals surface area contributed by atoms with E-state index in [0.29, 0.717) is 6.42 Å². The molecule has 0 bridgehead atoms. The topological polar surface area (TPSA) is 47.3 Å².